The van der Waals surface area contributed by atoms with Gasteiger partial charge < -0.3 is 14.5 Å². The molecule has 1 atom stereocenters. The summed E-state index contributed by atoms with van der Waals surface area (Å²) in [5.41, 5.74) is 0.386. The summed E-state index contributed by atoms with van der Waals surface area (Å²) in [6.45, 7) is 9.54. The lowest BCUT2D eigenvalue weighted by Crippen LogP contribution is -2.47. The van der Waals surface area contributed by atoms with Gasteiger partial charge in [-0.25, -0.2) is 4.79 Å². The Hall–Kier alpha value is -1.46. The minimum atomic E-state index is -0.544. The second-order valence-corrected chi connectivity index (χ2v) is 8.68. The van der Waals surface area contributed by atoms with Gasteiger partial charge in [0, 0.05) is 26.2 Å². The van der Waals surface area contributed by atoms with Crippen molar-refractivity contribution < 1.29 is 14.3 Å². The average Bonchev–Trinajstić information content (AvgIpc) is 2.60. The van der Waals surface area contributed by atoms with E-state index in [0.29, 0.717) is 36.2 Å². The lowest BCUT2D eigenvalue weighted by molar-refractivity contribution is -0.137. The minimum Gasteiger partial charge on any atom is -0.444 e. The maximum atomic E-state index is 13.0. The van der Waals surface area contributed by atoms with E-state index in [9.17, 15) is 9.59 Å². The maximum absolute atomic E-state index is 13.0. The van der Waals surface area contributed by atoms with E-state index in [2.05, 4.69) is 0 Å². The number of likely N-dealkylation sites (tertiary alicyclic amines) is 1. The quantitative estimate of drug-likeness (QED) is 0.696. The molecule has 0 bridgehead atoms. The van der Waals surface area contributed by atoms with Gasteiger partial charge in [0.25, 0.3) is 0 Å². The fraction of sp³-hybridized carbons (Fsp3) is 0.600. The molecule has 0 aromatic heterocycles. The first kappa shape index (κ1) is 21.8. The molecule has 0 aliphatic carbocycles. The van der Waals surface area contributed by atoms with Crippen LogP contribution in [0.3, 0.4) is 0 Å². The van der Waals surface area contributed by atoms with Gasteiger partial charge >= 0.3 is 6.09 Å². The number of piperidine rings is 1. The van der Waals surface area contributed by atoms with Crippen molar-refractivity contribution in [2.75, 3.05) is 19.6 Å². The average molecular weight is 415 g/mol. The lowest BCUT2D eigenvalue weighted by Gasteiger charge is -2.35. The van der Waals surface area contributed by atoms with Crippen molar-refractivity contribution in [2.45, 2.75) is 52.7 Å². The van der Waals surface area contributed by atoms with Crippen molar-refractivity contribution in [1.29, 1.82) is 0 Å². The van der Waals surface area contributed by atoms with Gasteiger partial charge in [0.05, 0.1) is 16.0 Å². The van der Waals surface area contributed by atoms with Crippen LogP contribution in [0.2, 0.25) is 10.0 Å². The van der Waals surface area contributed by atoms with E-state index in [1.165, 1.54) is 0 Å². The smallest absolute Gasteiger partial charge is 0.410 e. The Balaban J connectivity index is 2.03. The van der Waals surface area contributed by atoms with Crippen molar-refractivity contribution in [2.24, 2.45) is 5.92 Å². The Morgan fingerprint density at radius 1 is 1.26 bits per heavy atom. The first-order chi connectivity index (χ1) is 12.6. The lowest BCUT2D eigenvalue weighted by atomic mass is 9.96. The molecule has 1 aliphatic heterocycles. The summed E-state index contributed by atoms with van der Waals surface area (Å²) in [5, 5.41) is 0.974. The summed E-state index contributed by atoms with van der Waals surface area (Å²) in [7, 11) is 0. The third kappa shape index (κ3) is 6.28. The standard InChI is InChI=1S/C20H28Cl2N2O3/c1-5-23(12-14-8-9-16(21)17(22)11-14)18(25)15-7-6-10-24(13-15)19(26)27-20(2,3)4/h8-9,11,15H,5-7,10,12-13H2,1-4H3/t15-/m1/s1. The molecule has 1 aromatic rings. The molecule has 150 valence electrons. The third-order valence-corrected chi connectivity index (χ3v) is 5.21. The van der Waals surface area contributed by atoms with Crippen LogP contribution in [0.1, 0.15) is 46.1 Å². The molecule has 1 saturated heterocycles. The first-order valence-corrected chi connectivity index (χ1v) is 10.1. The molecule has 0 spiro atoms. The number of nitrogens with zero attached hydrogens (tertiary/aromatic N) is 2. The van der Waals surface area contributed by atoms with E-state index >= 15 is 0 Å². The van der Waals surface area contributed by atoms with Crippen LogP contribution in [0, 0.1) is 5.92 Å². The van der Waals surface area contributed by atoms with Gasteiger partial charge in [-0.15, -0.1) is 0 Å². The second-order valence-electron chi connectivity index (χ2n) is 7.87. The van der Waals surface area contributed by atoms with E-state index < -0.39 is 5.60 Å². The summed E-state index contributed by atoms with van der Waals surface area (Å²) >= 11 is 12.0. The Labute approximate surface area is 171 Å². The second kappa shape index (κ2) is 9.16. The Morgan fingerprint density at radius 2 is 1.96 bits per heavy atom. The van der Waals surface area contributed by atoms with Gasteiger partial charge in [-0.1, -0.05) is 29.3 Å². The topological polar surface area (TPSA) is 49.9 Å². The molecule has 0 radical (unpaired) electrons. The van der Waals surface area contributed by atoms with Crippen molar-refractivity contribution in [3.63, 3.8) is 0 Å². The molecule has 1 heterocycles. The zero-order valence-corrected chi connectivity index (χ0v) is 17.9. The summed E-state index contributed by atoms with van der Waals surface area (Å²) in [4.78, 5) is 28.8. The molecule has 1 aromatic carbocycles. The predicted octanol–water partition coefficient (Wildman–Crippen LogP) is 4.99. The fourth-order valence-electron chi connectivity index (χ4n) is 3.13. The largest absolute Gasteiger partial charge is 0.444 e. The van der Waals surface area contributed by atoms with Crippen LogP contribution in [0.15, 0.2) is 18.2 Å². The molecule has 27 heavy (non-hydrogen) atoms. The monoisotopic (exact) mass is 414 g/mol. The van der Waals surface area contributed by atoms with Crippen molar-refractivity contribution in [3.05, 3.63) is 33.8 Å². The van der Waals surface area contributed by atoms with E-state index in [0.717, 1.165) is 18.4 Å². The molecule has 0 unspecified atom stereocenters. The fourth-order valence-corrected chi connectivity index (χ4v) is 3.45. The molecule has 2 amide bonds. The Kier molecular flexibility index (Phi) is 7.40. The van der Waals surface area contributed by atoms with Gasteiger partial charge in [0.1, 0.15) is 5.60 Å². The highest BCUT2D eigenvalue weighted by Gasteiger charge is 2.32. The van der Waals surface area contributed by atoms with Gasteiger partial charge in [0.2, 0.25) is 5.91 Å². The summed E-state index contributed by atoms with van der Waals surface area (Å²) in [6, 6.07) is 5.40. The molecular weight excluding hydrogens is 387 g/mol. The zero-order valence-electron chi connectivity index (χ0n) is 16.4. The Bertz CT molecular complexity index is 688. The number of hydrogen-bond acceptors (Lipinski definition) is 3. The van der Waals surface area contributed by atoms with E-state index in [1.807, 2.05) is 33.8 Å². The van der Waals surface area contributed by atoms with Crippen LogP contribution >= 0.6 is 23.2 Å². The number of carbonyl (C=O) groups excluding carboxylic acids is 2. The SMILES string of the molecule is CCN(Cc1ccc(Cl)c(Cl)c1)C(=O)[C@@H]1CCCN(C(=O)OC(C)(C)C)C1. The zero-order chi connectivity index (χ0) is 20.2. The number of carbonyl (C=O) groups is 2. The van der Waals surface area contributed by atoms with E-state index in [1.54, 1.807) is 21.9 Å². The van der Waals surface area contributed by atoms with Gasteiger partial charge in [-0.2, -0.15) is 0 Å². The van der Waals surface area contributed by atoms with Crippen LogP contribution in [0.4, 0.5) is 4.79 Å². The van der Waals surface area contributed by atoms with Crippen molar-refractivity contribution in [1.82, 2.24) is 9.80 Å². The highest BCUT2D eigenvalue weighted by Crippen LogP contribution is 2.25. The number of amides is 2. The Morgan fingerprint density at radius 3 is 2.56 bits per heavy atom. The number of benzene rings is 1. The summed E-state index contributed by atoms with van der Waals surface area (Å²) < 4.78 is 5.45. The van der Waals surface area contributed by atoms with Crippen LogP contribution in [0.5, 0.6) is 0 Å². The maximum Gasteiger partial charge on any atom is 0.410 e. The van der Waals surface area contributed by atoms with Crippen molar-refractivity contribution in [3.8, 4) is 0 Å². The van der Waals surface area contributed by atoms with E-state index in [-0.39, 0.29) is 17.9 Å². The van der Waals surface area contributed by atoms with Crippen LogP contribution in [0.25, 0.3) is 0 Å². The number of halogens is 2. The number of hydrogen-bond donors (Lipinski definition) is 0. The molecular formula is C20H28Cl2N2O3. The predicted molar refractivity (Wildman–Crippen MR) is 108 cm³/mol. The van der Waals surface area contributed by atoms with E-state index in [4.69, 9.17) is 27.9 Å². The summed E-state index contributed by atoms with van der Waals surface area (Å²) in [6.07, 6.45) is 1.21. The molecule has 1 aliphatic rings. The van der Waals surface area contributed by atoms with Crippen LogP contribution < -0.4 is 0 Å². The summed E-state index contributed by atoms with van der Waals surface area (Å²) in [5.74, 6) is -0.161. The van der Waals surface area contributed by atoms with Gasteiger partial charge in [-0.3, -0.25) is 4.79 Å². The first-order valence-electron chi connectivity index (χ1n) is 9.31. The van der Waals surface area contributed by atoms with Crippen LogP contribution in [-0.2, 0) is 16.1 Å². The minimum absolute atomic E-state index is 0.0526. The molecule has 0 N–H and O–H groups in total. The highest BCUT2D eigenvalue weighted by molar-refractivity contribution is 6.42. The van der Waals surface area contributed by atoms with Gasteiger partial charge in [0.15, 0.2) is 0 Å². The number of rotatable bonds is 4. The van der Waals surface area contributed by atoms with Crippen LogP contribution in [-0.4, -0.2) is 47.0 Å². The molecule has 0 saturated carbocycles. The molecule has 1 fully saturated rings. The third-order valence-electron chi connectivity index (χ3n) is 4.47. The van der Waals surface area contributed by atoms with Gasteiger partial charge in [-0.05, 0) is 58.2 Å². The molecule has 5 nitrogen and oxygen atoms in total. The highest BCUT2D eigenvalue weighted by atomic mass is 35.5. The molecule has 2 rings (SSSR count). The van der Waals surface area contributed by atoms with Crippen molar-refractivity contribution >= 4 is 35.2 Å². The molecule has 7 heteroatoms. The normalized spacial score (nSPS) is 17.6. The number of ether oxygens (including phenoxy) is 1.